The van der Waals surface area contributed by atoms with Gasteiger partial charge in [0.25, 0.3) is 0 Å². The number of rotatable bonds is 7. The zero-order valence-electron chi connectivity index (χ0n) is 21.5. The van der Waals surface area contributed by atoms with Crippen LogP contribution in [0.1, 0.15) is 44.2 Å². The average Bonchev–Trinajstić information content (AvgIpc) is 3.33. The first-order valence-electron chi connectivity index (χ1n) is 13.5. The lowest BCUT2D eigenvalue weighted by atomic mass is 9.89. The van der Waals surface area contributed by atoms with Gasteiger partial charge in [0.05, 0.1) is 5.92 Å². The molecule has 2 fully saturated rings. The van der Waals surface area contributed by atoms with Crippen molar-refractivity contribution in [3.8, 4) is 11.1 Å². The van der Waals surface area contributed by atoms with Crippen molar-refractivity contribution in [2.75, 3.05) is 18.4 Å². The normalized spacial score (nSPS) is 21.1. The van der Waals surface area contributed by atoms with Gasteiger partial charge in [-0.1, -0.05) is 41.9 Å². The Balaban J connectivity index is 0.998. The quantitative estimate of drug-likeness (QED) is 0.263. The Bertz CT molecular complexity index is 1410. The summed E-state index contributed by atoms with van der Waals surface area (Å²) in [5.74, 6) is 1.07. The van der Waals surface area contributed by atoms with Crippen molar-refractivity contribution in [3.63, 3.8) is 0 Å². The van der Waals surface area contributed by atoms with Crippen molar-refractivity contribution < 1.29 is 4.79 Å². The van der Waals surface area contributed by atoms with Gasteiger partial charge in [-0.15, -0.1) is 0 Å². The number of nitrogens with zero attached hydrogens (tertiary/aromatic N) is 3. The van der Waals surface area contributed by atoms with E-state index in [0.29, 0.717) is 17.2 Å². The van der Waals surface area contributed by atoms with Crippen LogP contribution in [-0.4, -0.2) is 50.9 Å². The van der Waals surface area contributed by atoms with Gasteiger partial charge >= 0.3 is 0 Å². The number of pyridine rings is 2. The Morgan fingerprint density at radius 1 is 1.05 bits per heavy atom. The minimum atomic E-state index is 0.0887. The SMILES string of the molecule is CC(c1ccccc1)N1CC(C(=O)N[C@H]2CC[C@H](Nc3cc(-c4c[nH]c5ncccc45)cc(Cl)n3)CC2)C1. The van der Waals surface area contributed by atoms with E-state index in [1.54, 1.807) is 6.20 Å². The molecule has 3 N–H and O–H groups in total. The van der Waals surface area contributed by atoms with Crippen molar-refractivity contribution >= 4 is 34.4 Å². The second-order valence-corrected chi connectivity index (χ2v) is 11.0. The number of halogens is 1. The van der Waals surface area contributed by atoms with Gasteiger partial charge in [-0.05, 0) is 68.0 Å². The second-order valence-electron chi connectivity index (χ2n) is 10.6. The molecule has 1 unspecified atom stereocenters. The number of fused-ring (bicyclic) bond motifs is 1. The molecule has 1 aliphatic heterocycles. The zero-order valence-corrected chi connectivity index (χ0v) is 22.3. The maximum atomic E-state index is 12.9. The van der Waals surface area contributed by atoms with Crippen LogP contribution in [0, 0.1) is 5.92 Å². The fourth-order valence-corrected chi connectivity index (χ4v) is 5.98. The largest absolute Gasteiger partial charge is 0.367 e. The molecule has 1 saturated carbocycles. The first-order valence-corrected chi connectivity index (χ1v) is 13.9. The van der Waals surface area contributed by atoms with Crippen LogP contribution in [0.25, 0.3) is 22.2 Å². The first kappa shape index (κ1) is 24.9. The van der Waals surface area contributed by atoms with Crippen LogP contribution in [0.15, 0.2) is 67.0 Å². The number of amides is 1. The molecule has 0 bridgehead atoms. The molecule has 1 aromatic carbocycles. The van der Waals surface area contributed by atoms with Crippen LogP contribution in [-0.2, 0) is 4.79 Å². The molecule has 1 atom stereocenters. The van der Waals surface area contributed by atoms with E-state index in [1.807, 2.05) is 30.5 Å². The molecule has 0 spiro atoms. The van der Waals surface area contributed by atoms with E-state index in [1.165, 1.54) is 5.56 Å². The molecule has 2 aliphatic rings. The van der Waals surface area contributed by atoms with Crippen LogP contribution < -0.4 is 10.6 Å². The van der Waals surface area contributed by atoms with Crippen LogP contribution in [0.4, 0.5) is 5.82 Å². The standard InChI is InChI=1S/C30H33ClN6O/c1-19(20-6-3-2-4-7-20)37-17-22(18-37)30(38)35-24-11-9-23(10-12-24)34-28-15-21(14-27(31)36-28)26-16-33-29-25(26)8-5-13-32-29/h2-8,13-16,19,22-24H,9-12,17-18H2,1H3,(H,32,33)(H,34,36)(H,35,38)/t19?,23-,24-. The van der Waals surface area contributed by atoms with E-state index in [9.17, 15) is 4.79 Å². The third-order valence-electron chi connectivity index (χ3n) is 8.09. The summed E-state index contributed by atoms with van der Waals surface area (Å²) in [6.07, 6.45) is 7.62. The second kappa shape index (κ2) is 10.8. The molecule has 7 nitrogen and oxygen atoms in total. The highest BCUT2D eigenvalue weighted by molar-refractivity contribution is 6.29. The average molecular weight is 529 g/mol. The number of aromatic nitrogens is 3. The van der Waals surface area contributed by atoms with Crippen molar-refractivity contribution in [2.24, 2.45) is 5.92 Å². The van der Waals surface area contributed by atoms with Crippen molar-refractivity contribution in [1.29, 1.82) is 0 Å². The number of aromatic amines is 1. The predicted octanol–water partition coefficient (Wildman–Crippen LogP) is 5.81. The summed E-state index contributed by atoms with van der Waals surface area (Å²) in [4.78, 5) is 27.4. The number of hydrogen-bond acceptors (Lipinski definition) is 5. The molecular formula is C30H33ClN6O. The maximum absolute atomic E-state index is 12.9. The van der Waals surface area contributed by atoms with Gasteiger partial charge in [-0.2, -0.15) is 0 Å². The summed E-state index contributed by atoms with van der Waals surface area (Å²) in [7, 11) is 0. The number of carbonyl (C=O) groups is 1. The summed E-state index contributed by atoms with van der Waals surface area (Å²) in [5, 5.41) is 8.42. The third-order valence-corrected chi connectivity index (χ3v) is 8.29. The number of carbonyl (C=O) groups excluding carboxylic acids is 1. The molecule has 1 aliphatic carbocycles. The van der Waals surface area contributed by atoms with Gasteiger partial charge in [0.15, 0.2) is 0 Å². The van der Waals surface area contributed by atoms with Gasteiger partial charge in [-0.25, -0.2) is 9.97 Å². The van der Waals surface area contributed by atoms with Gasteiger partial charge in [-0.3, -0.25) is 9.69 Å². The van der Waals surface area contributed by atoms with Crippen molar-refractivity contribution in [3.05, 3.63) is 77.7 Å². The van der Waals surface area contributed by atoms with Gasteiger partial charge in [0.1, 0.15) is 16.6 Å². The number of H-pyrrole nitrogens is 1. The number of nitrogens with one attached hydrogen (secondary N) is 3. The van der Waals surface area contributed by atoms with Crippen LogP contribution in [0.5, 0.6) is 0 Å². The summed E-state index contributed by atoms with van der Waals surface area (Å²) in [6, 6.07) is 19.3. The molecule has 4 heterocycles. The number of benzene rings is 1. The predicted molar refractivity (Wildman–Crippen MR) is 152 cm³/mol. The van der Waals surface area contributed by atoms with Crippen LogP contribution in [0.3, 0.4) is 0 Å². The number of hydrogen-bond donors (Lipinski definition) is 3. The molecule has 4 aromatic rings. The fraction of sp³-hybridized carbons (Fsp3) is 0.367. The van der Waals surface area contributed by atoms with Gasteiger partial charge in [0.2, 0.25) is 5.91 Å². The lowest BCUT2D eigenvalue weighted by molar-refractivity contribution is -0.132. The smallest absolute Gasteiger partial charge is 0.225 e. The Hall–Kier alpha value is -3.42. The summed E-state index contributed by atoms with van der Waals surface area (Å²) in [6.45, 7) is 3.87. The van der Waals surface area contributed by atoms with E-state index >= 15 is 0 Å². The molecule has 3 aromatic heterocycles. The molecule has 38 heavy (non-hydrogen) atoms. The monoisotopic (exact) mass is 528 g/mol. The summed E-state index contributed by atoms with van der Waals surface area (Å²) in [5.41, 5.74) is 4.21. The lowest BCUT2D eigenvalue weighted by Gasteiger charge is -2.43. The van der Waals surface area contributed by atoms with Crippen molar-refractivity contribution in [2.45, 2.75) is 50.7 Å². The highest BCUT2D eigenvalue weighted by Crippen LogP contribution is 2.32. The molecule has 0 radical (unpaired) electrons. The van der Waals surface area contributed by atoms with Gasteiger partial charge in [0, 0.05) is 54.6 Å². The molecule has 6 rings (SSSR count). The fourth-order valence-electron chi connectivity index (χ4n) is 5.77. The molecule has 1 saturated heterocycles. The zero-order chi connectivity index (χ0) is 26.1. The Kier molecular flexibility index (Phi) is 7.04. The van der Waals surface area contributed by atoms with E-state index in [4.69, 9.17) is 11.6 Å². The lowest BCUT2D eigenvalue weighted by Crippen LogP contribution is -2.55. The third kappa shape index (κ3) is 5.26. The van der Waals surface area contributed by atoms with E-state index in [-0.39, 0.29) is 17.9 Å². The minimum absolute atomic E-state index is 0.0887. The summed E-state index contributed by atoms with van der Waals surface area (Å²) >= 11 is 6.40. The van der Waals surface area contributed by atoms with Crippen LogP contribution in [0.2, 0.25) is 5.15 Å². The molecule has 196 valence electrons. The minimum Gasteiger partial charge on any atom is -0.367 e. The van der Waals surface area contributed by atoms with Crippen molar-refractivity contribution in [1.82, 2.24) is 25.2 Å². The Morgan fingerprint density at radius 2 is 1.82 bits per heavy atom. The molecule has 1 amide bonds. The van der Waals surface area contributed by atoms with E-state index in [2.05, 4.69) is 67.7 Å². The molecule has 8 heteroatoms. The molecular weight excluding hydrogens is 496 g/mol. The Morgan fingerprint density at radius 3 is 2.61 bits per heavy atom. The highest BCUT2D eigenvalue weighted by atomic mass is 35.5. The van der Waals surface area contributed by atoms with E-state index < -0.39 is 0 Å². The van der Waals surface area contributed by atoms with E-state index in [0.717, 1.165) is 66.8 Å². The topological polar surface area (TPSA) is 85.9 Å². The van der Waals surface area contributed by atoms with Crippen LogP contribution >= 0.6 is 11.6 Å². The van der Waals surface area contributed by atoms with Gasteiger partial charge < -0.3 is 15.6 Å². The summed E-state index contributed by atoms with van der Waals surface area (Å²) < 4.78 is 0. The maximum Gasteiger partial charge on any atom is 0.225 e. The number of anilines is 1. The highest BCUT2D eigenvalue weighted by Gasteiger charge is 2.36. The first-order chi connectivity index (χ1) is 18.5. The number of likely N-dealkylation sites (tertiary alicyclic amines) is 1. The Labute approximate surface area is 228 Å².